The van der Waals surface area contributed by atoms with Crippen LogP contribution in [0.5, 0.6) is 0 Å². The predicted octanol–water partition coefficient (Wildman–Crippen LogP) is 3.32. The molecule has 31 heavy (non-hydrogen) atoms. The van der Waals surface area contributed by atoms with Gasteiger partial charge in [0.1, 0.15) is 5.76 Å². The van der Waals surface area contributed by atoms with E-state index in [1.807, 2.05) is 42.5 Å². The molecule has 3 aromatic rings. The van der Waals surface area contributed by atoms with Crippen LogP contribution in [0.25, 0.3) is 22.6 Å². The number of esters is 1. The summed E-state index contributed by atoms with van der Waals surface area (Å²) in [5.41, 5.74) is 3.52. The Hall–Kier alpha value is -3.94. The number of benzene rings is 1. The van der Waals surface area contributed by atoms with Gasteiger partial charge in [-0.05, 0) is 55.2 Å². The van der Waals surface area contributed by atoms with Gasteiger partial charge in [-0.2, -0.15) is 0 Å². The van der Waals surface area contributed by atoms with Crippen molar-refractivity contribution in [1.29, 1.82) is 0 Å². The van der Waals surface area contributed by atoms with Crippen molar-refractivity contribution in [3.63, 3.8) is 0 Å². The van der Waals surface area contributed by atoms with Crippen LogP contribution in [0.15, 0.2) is 47.1 Å². The van der Waals surface area contributed by atoms with Gasteiger partial charge in [0.25, 0.3) is 5.91 Å². The third-order valence-corrected chi connectivity index (χ3v) is 5.12. The van der Waals surface area contributed by atoms with Crippen molar-refractivity contribution in [2.75, 3.05) is 7.05 Å². The summed E-state index contributed by atoms with van der Waals surface area (Å²) < 4.78 is 10.8. The van der Waals surface area contributed by atoms with Crippen LogP contribution < -0.4 is 10.6 Å². The number of aromatic nitrogens is 1. The number of nitrogens with zero attached hydrogens (tertiary/aromatic N) is 1. The van der Waals surface area contributed by atoms with Crippen molar-refractivity contribution in [2.24, 2.45) is 0 Å². The second-order valence-electron chi connectivity index (χ2n) is 7.13. The number of carbonyl (C=O) groups is 3. The fraction of sp³-hybridized carbons (Fsp3) is 0.217. The van der Waals surface area contributed by atoms with Crippen LogP contribution in [-0.2, 0) is 16.0 Å². The summed E-state index contributed by atoms with van der Waals surface area (Å²) in [6, 6.07) is 10.3. The first-order valence-corrected chi connectivity index (χ1v) is 9.87. The molecule has 0 unspecified atom stereocenters. The molecule has 1 aromatic carbocycles. The molecule has 0 spiro atoms. The summed E-state index contributed by atoms with van der Waals surface area (Å²) in [6.07, 6.45) is 3.69. The number of pyridine rings is 1. The second kappa shape index (κ2) is 8.43. The molecule has 1 aliphatic carbocycles. The van der Waals surface area contributed by atoms with Crippen LogP contribution in [0.3, 0.4) is 0 Å². The molecule has 0 aliphatic heterocycles. The van der Waals surface area contributed by atoms with Crippen molar-refractivity contribution >= 4 is 40.5 Å². The largest absolute Gasteiger partial charge is 0.465 e. The minimum absolute atomic E-state index is 0.392. The Bertz CT molecular complexity index is 1200. The average Bonchev–Trinajstić information content (AvgIpc) is 3.42. The van der Waals surface area contributed by atoms with E-state index in [1.54, 1.807) is 6.26 Å². The van der Waals surface area contributed by atoms with E-state index in [0.717, 1.165) is 16.8 Å². The molecule has 0 bridgehead atoms. The number of rotatable bonds is 4. The highest BCUT2D eigenvalue weighted by atomic mass is 16.5. The Kier molecular flexibility index (Phi) is 5.53. The maximum Gasteiger partial charge on any atom is 0.339 e. The summed E-state index contributed by atoms with van der Waals surface area (Å²) in [6.45, 7) is 1.42. The molecule has 0 saturated heterocycles. The number of ether oxygens (including phenoxy) is 1. The van der Waals surface area contributed by atoms with Gasteiger partial charge >= 0.3 is 12.0 Å². The van der Waals surface area contributed by atoms with Crippen molar-refractivity contribution in [3.8, 4) is 0 Å². The van der Waals surface area contributed by atoms with Crippen molar-refractivity contribution in [1.82, 2.24) is 15.6 Å². The Morgan fingerprint density at radius 2 is 1.97 bits per heavy atom. The molecule has 8 nitrogen and oxygen atoms in total. The Morgan fingerprint density at radius 1 is 1.16 bits per heavy atom. The van der Waals surface area contributed by atoms with E-state index < -0.39 is 24.0 Å². The zero-order chi connectivity index (χ0) is 22.0. The topological polar surface area (TPSA) is 111 Å². The fourth-order valence-electron chi connectivity index (χ4n) is 3.61. The highest BCUT2D eigenvalue weighted by Crippen LogP contribution is 2.37. The number of allylic oxidation sites excluding steroid dienone is 1. The Balaban J connectivity index is 1.72. The first-order valence-electron chi connectivity index (χ1n) is 9.87. The van der Waals surface area contributed by atoms with Gasteiger partial charge < -0.3 is 14.5 Å². The number of hydrogen-bond donors (Lipinski definition) is 2. The van der Waals surface area contributed by atoms with E-state index in [9.17, 15) is 14.4 Å². The zero-order valence-electron chi connectivity index (χ0n) is 17.1. The van der Waals surface area contributed by atoms with Crippen molar-refractivity contribution in [3.05, 3.63) is 65.2 Å². The lowest BCUT2D eigenvalue weighted by molar-refractivity contribution is -0.127. The van der Waals surface area contributed by atoms with Gasteiger partial charge in [0.15, 0.2) is 6.10 Å². The molecular formula is C23H21N3O5. The van der Waals surface area contributed by atoms with Crippen LogP contribution >= 0.6 is 0 Å². The molecule has 0 fully saturated rings. The smallest absolute Gasteiger partial charge is 0.339 e. The number of imide groups is 1. The van der Waals surface area contributed by atoms with E-state index >= 15 is 0 Å². The van der Waals surface area contributed by atoms with E-state index in [2.05, 4.69) is 10.6 Å². The fourth-order valence-corrected chi connectivity index (χ4v) is 3.61. The van der Waals surface area contributed by atoms with Gasteiger partial charge in [-0.25, -0.2) is 14.6 Å². The quantitative estimate of drug-likeness (QED) is 0.628. The van der Waals surface area contributed by atoms with Gasteiger partial charge in [0.05, 0.1) is 23.0 Å². The minimum atomic E-state index is -1.15. The zero-order valence-corrected chi connectivity index (χ0v) is 17.1. The van der Waals surface area contributed by atoms with Crippen LogP contribution in [-0.4, -0.2) is 36.0 Å². The maximum absolute atomic E-state index is 13.1. The van der Waals surface area contributed by atoms with Crippen LogP contribution in [0, 0.1) is 0 Å². The summed E-state index contributed by atoms with van der Waals surface area (Å²) in [4.78, 5) is 41.4. The number of hydrogen-bond acceptors (Lipinski definition) is 6. The standard InChI is InChI=1S/C23H21N3O5/c1-13(21(27)26-23(29)24-2)31-22(28)19-16-7-3-4-8-18(16)25-20-14(9-10-17(19)20)12-15-6-5-11-30-15/h3-8,11-13H,9-10H2,1-2H3,(H2,24,26,27,29)/t13-/m1/s1. The van der Waals surface area contributed by atoms with Gasteiger partial charge in [0, 0.05) is 12.4 Å². The first kappa shape index (κ1) is 20.3. The number of carbonyl (C=O) groups excluding carboxylic acids is 3. The summed E-state index contributed by atoms with van der Waals surface area (Å²) in [5.74, 6) is -0.629. The Labute approximate surface area is 178 Å². The number of furan rings is 1. The normalized spacial score (nSPS) is 14.8. The molecule has 2 heterocycles. The molecule has 2 N–H and O–H groups in total. The number of nitrogens with one attached hydrogen (secondary N) is 2. The molecular weight excluding hydrogens is 398 g/mol. The maximum atomic E-state index is 13.1. The molecule has 1 aliphatic rings. The number of urea groups is 1. The summed E-state index contributed by atoms with van der Waals surface area (Å²) in [7, 11) is 1.39. The molecule has 4 rings (SSSR count). The second-order valence-corrected chi connectivity index (χ2v) is 7.13. The highest BCUT2D eigenvalue weighted by Gasteiger charge is 2.29. The third-order valence-electron chi connectivity index (χ3n) is 5.12. The minimum Gasteiger partial charge on any atom is -0.465 e. The van der Waals surface area contributed by atoms with Crippen LogP contribution in [0.2, 0.25) is 0 Å². The molecule has 2 aromatic heterocycles. The molecule has 8 heteroatoms. The third kappa shape index (κ3) is 4.05. The lowest BCUT2D eigenvalue weighted by atomic mass is 10.0. The summed E-state index contributed by atoms with van der Waals surface area (Å²) in [5, 5.41) is 5.05. The number of fused-ring (bicyclic) bond motifs is 2. The van der Waals surface area contributed by atoms with Gasteiger partial charge in [-0.1, -0.05) is 18.2 Å². The lowest BCUT2D eigenvalue weighted by Gasteiger charge is -2.16. The van der Waals surface area contributed by atoms with Crippen molar-refractivity contribution < 1.29 is 23.5 Å². The summed E-state index contributed by atoms with van der Waals surface area (Å²) >= 11 is 0. The van der Waals surface area contributed by atoms with E-state index in [4.69, 9.17) is 14.1 Å². The highest BCUT2D eigenvalue weighted by molar-refractivity contribution is 6.08. The number of para-hydroxylation sites is 1. The molecule has 1 atom stereocenters. The van der Waals surface area contributed by atoms with Gasteiger partial charge in [0.2, 0.25) is 0 Å². The van der Waals surface area contributed by atoms with Gasteiger partial charge in [-0.15, -0.1) is 0 Å². The molecule has 158 valence electrons. The first-order chi connectivity index (χ1) is 15.0. The monoisotopic (exact) mass is 419 g/mol. The van der Waals surface area contributed by atoms with Crippen LogP contribution in [0.4, 0.5) is 4.79 Å². The SMILES string of the molecule is CNC(=O)NC(=O)[C@@H](C)OC(=O)c1c2c(nc3ccccc13)C(=Cc1ccco1)CC2. The molecule has 0 saturated carbocycles. The van der Waals surface area contributed by atoms with E-state index in [-0.39, 0.29) is 0 Å². The Morgan fingerprint density at radius 3 is 2.71 bits per heavy atom. The predicted molar refractivity (Wildman–Crippen MR) is 114 cm³/mol. The average molecular weight is 419 g/mol. The molecule has 3 amide bonds. The number of amides is 3. The lowest BCUT2D eigenvalue weighted by Crippen LogP contribution is -2.43. The molecule has 0 radical (unpaired) electrons. The van der Waals surface area contributed by atoms with E-state index in [0.29, 0.717) is 35.1 Å². The van der Waals surface area contributed by atoms with Crippen LogP contribution in [0.1, 0.15) is 40.7 Å². The van der Waals surface area contributed by atoms with Gasteiger partial charge in [-0.3, -0.25) is 10.1 Å². The van der Waals surface area contributed by atoms with E-state index in [1.165, 1.54) is 14.0 Å². The van der Waals surface area contributed by atoms with Crippen molar-refractivity contribution in [2.45, 2.75) is 25.9 Å².